The average Bonchev–Trinajstić information content (AvgIpc) is 3.08. The number of nitriles is 2. The van der Waals surface area contributed by atoms with Crippen molar-refractivity contribution in [2.24, 2.45) is 0 Å². The summed E-state index contributed by atoms with van der Waals surface area (Å²) in [5.74, 6) is -0.495. The summed E-state index contributed by atoms with van der Waals surface area (Å²) in [5, 5.41) is 19.1. The predicted octanol–water partition coefficient (Wildman–Crippen LogP) is 5.26. The molecule has 5 nitrogen and oxygen atoms in total. The zero-order valence-electron chi connectivity index (χ0n) is 17.3. The van der Waals surface area contributed by atoms with Crippen LogP contribution in [0.15, 0.2) is 64.4 Å². The van der Waals surface area contributed by atoms with Crippen LogP contribution in [0.2, 0.25) is 0 Å². The summed E-state index contributed by atoms with van der Waals surface area (Å²) in [6, 6.07) is 17.3. The summed E-state index contributed by atoms with van der Waals surface area (Å²) in [6.07, 6.45) is 1.34. The van der Waals surface area contributed by atoms with E-state index in [0.717, 1.165) is 11.8 Å². The van der Waals surface area contributed by atoms with Crippen LogP contribution in [0, 0.1) is 35.4 Å². The van der Waals surface area contributed by atoms with Crippen LogP contribution in [0.4, 0.5) is 4.39 Å². The molecule has 7 heteroatoms. The number of sulfone groups is 1. The molecule has 0 bridgehead atoms. The standard InChI is InChI=1S/C24H20FN3O2S/c1-16(2)24-13-18(12-22(15-27)31(29,30)21-7-5-4-6-8-21)17(3)28(24)23-10-9-20(25)11-19(23)14-26/h4-13,16H,1-3H3/b22-12+. The second-order valence-corrected chi connectivity index (χ2v) is 9.23. The molecule has 0 amide bonds. The minimum Gasteiger partial charge on any atom is -0.316 e. The van der Waals surface area contributed by atoms with E-state index >= 15 is 0 Å². The highest BCUT2D eigenvalue weighted by atomic mass is 32.2. The Balaban J connectivity index is 2.24. The molecule has 1 heterocycles. The van der Waals surface area contributed by atoms with Crippen LogP contribution in [0.1, 0.15) is 42.3 Å². The van der Waals surface area contributed by atoms with Crippen LogP contribution in [-0.2, 0) is 9.84 Å². The number of hydrogen-bond acceptors (Lipinski definition) is 4. The monoisotopic (exact) mass is 433 g/mol. The molecule has 0 aliphatic heterocycles. The van der Waals surface area contributed by atoms with Crippen LogP contribution in [0.5, 0.6) is 0 Å². The van der Waals surface area contributed by atoms with Gasteiger partial charge in [0.25, 0.3) is 0 Å². The Morgan fingerprint density at radius 3 is 2.35 bits per heavy atom. The average molecular weight is 434 g/mol. The molecule has 0 saturated heterocycles. The predicted molar refractivity (Wildman–Crippen MR) is 116 cm³/mol. The summed E-state index contributed by atoms with van der Waals surface area (Å²) in [7, 11) is -3.98. The highest BCUT2D eigenvalue weighted by Gasteiger charge is 2.23. The molecule has 0 aliphatic carbocycles. The van der Waals surface area contributed by atoms with E-state index in [9.17, 15) is 23.3 Å². The van der Waals surface area contributed by atoms with Crippen molar-refractivity contribution in [2.75, 3.05) is 0 Å². The molecule has 0 N–H and O–H groups in total. The molecule has 3 aromatic rings. The zero-order valence-corrected chi connectivity index (χ0v) is 18.1. The molecule has 0 saturated carbocycles. The molecule has 156 valence electrons. The third-order valence-electron chi connectivity index (χ3n) is 4.97. The molecule has 0 atom stereocenters. The van der Waals surface area contributed by atoms with E-state index in [1.54, 1.807) is 41.8 Å². The van der Waals surface area contributed by atoms with Crippen molar-refractivity contribution in [1.82, 2.24) is 4.57 Å². The fourth-order valence-electron chi connectivity index (χ4n) is 3.37. The van der Waals surface area contributed by atoms with E-state index in [4.69, 9.17) is 0 Å². The number of nitrogens with zero attached hydrogens (tertiary/aromatic N) is 3. The van der Waals surface area contributed by atoms with E-state index in [1.807, 2.05) is 19.9 Å². The first-order chi connectivity index (χ1) is 14.7. The van der Waals surface area contributed by atoms with Crippen LogP contribution in [0.25, 0.3) is 11.8 Å². The highest BCUT2D eigenvalue weighted by Crippen LogP contribution is 2.31. The van der Waals surface area contributed by atoms with Gasteiger partial charge in [-0.1, -0.05) is 32.0 Å². The first-order valence-electron chi connectivity index (χ1n) is 9.55. The van der Waals surface area contributed by atoms with Crippen LogP contribution < -0.4 is 0 Å². The Bertz CT molecular complexity index is 1360. The normalized spacial score (nSPS) is 11.9. The van der Waals surface area contributed by atoms with Gasteiger partial charge in [-0.15, -0.1) is 0 Å². The second-order valence-electron chi connectivity index (χ2n) is 7.31. The molecular weight excluding hydrogens is 413 g/mol. The summed E-state index contributed by atoms with van der Waals surface area (Å²) < 4.78 is 41.3. The number of allylic oxidation sites excluding steroid dienone is 1. The second kappa shape index (κ2) is 8.59. The molecule has 2 aromatic carbocycles. The fraction of sp³-hybridized carbons (Fsp3) is 0.167. The van der Waals surface area contributed by atoms with Crippen molar-refractivity contribution < 1.29 is 12.8 Å². The Labute approximate surface area is 181 Å². The van der Waals surface area contributed by atoms with Gasteiger partial charge in [0, 0.05) is 11.4 Å². The zero-order chi connectivity index (χ0) is 22.8. The summed E-state index contributed by atoms with van der Waals surface area (Å²) in [4.78, 5) is -0.344. The lowest BCUT2D eigenvalue weighted by Crippen LogP contribution is -2.06. The lowest BCUT2D eigenvalue weighted by Gasteiger charge is -2.15. The first-order valence-corrected chi connectivity index (χ1v) is 11.0. The highest BCUT2D eigenvalue weighted by molar-refractivity contribution is 7.95. The smallest absolute Gasteiger partial charge is 0.216 e. The number of aromatic nitrogens is 1. The van der Waals surface area contributed by atoms with Gasteiger partial charge in [-0.25, -0.2) is 12.8 Å². The van der Waals surface area contributed by atoms with Crippen LogP contribution in [0.3, 0.4) is 0 Å². The molecule has 0 fully saturated rings. The maximum Gasteiger partial charge on any atom is 0.216 e. The molecule has 1 aromatic heterocycles. The molecule has 0 aliphatic rings. The van der Waals surface area contributed by atoms with Gasteiger partial charge in [0.2, 0.25) is 9.84 Å². The first kappa shape index (κ1) is 22.0. The van der Waals surface area contributed by atoms with Gasteiger partial charge in [-0.3, -0.25) is 0 Å². The number of benzene rings is 2. The molecule has 0 unspecified atom stereocenters. The Hall–Kier alpha value is -3.68. The Morgan fingerprint density at radius 1 is 1.10 bits per heavy atom. The van der Waals surface area contributed by atoms with Gasteiger partial charge in [0.15, 0.2) is 0 Å². The Kier molecular flexibility index (Phi) is 6.10. The maximum atomic E-state index is 13.7. The molecule has 0 spiro atoms. The van der Waals surface area contributed by atoms with E-state index in [-0.39, 0.29) is 21.3 Å². The molecule has 31 heavy (non-hydrogen) atoms. The molecule has 3 rings (SSSR count). The van der Waals surface area contributed by atoms with Gasteiger partial charge >= 0.3 is 0 Å². The topological polar surface area (TPSA) is 86.7 Å². The quantitative estimate of drug-likeness (QED) is 0.514. The number of rotatable bonds is 5. The minimum absolute atomic E-state index is 0.0220. The minimum atomic E-state index is -3.98. The van der Waals surface area contributed by atoms with Crippen molar-refractivity contribution in [3.8, 4) is 17.8 Å². The van der Waals surface area contributed by atoms with Crippen LogP contribution >= 0.6 is 0 Å². The van der Waals surface area contributed by atoms with Crippen molar-refractivity contribution in [3.63, 3.8) is 0 Å². The third kappa shape index (κ3) is 4.14. The van der Waals surface area contributed by atoms with E-state index in [0.29, 0.717) is 16.9 Å². The van der Waals surface area contributed by atoms with Gasteiger partial charge in [0.05, 0.1) is 16.1 Å². The van der Waals surface area contributed by atoms with Gasteiger partial charge in [-0.2, -0.15) is 10.5 Å². The number of halogens is 1. The van der Waals surface area contributed by atoms with Crippen molar-refractivity contribution in [3.05, 3.63) is 87.8 Å². The number of hydrogen-bond donors (Lipinski definition) is 0. The van der Waals surface area contributed by atoms with Crippen molar-refractivity contribution in [1.29, 1.82) is 10.5 Å². The SMILES string of the molecule is Cc1c(/C=C(\C#N)S(=O)(=O)c2ccccc2)cc(C(C)C)n1-c1ccc(F)cc1C#N. The van der Waals surface area contributed by atoms with Gasteiger partial charge in [0.1, 0.15) is 22.9 Å². The van der Waals surface area contributed by atoms with Crippen molar-refractivity contribution in [2.45, 2.75) is 31.6 Å². The lowest BCUT2D eigenvalue weighted by atomic mass is 10.1. The molecule has 0 radical (unpaired) electrons. The maximum absolute atomic E-state index is 13.7. The fourth-order valence-corrected chi connectivity index (χ4v) is 4.54. The molecular formula is C24H20FN3O2S. The van der Waals surface area contributed by atoms with Gasteiger partial charge < -0.3 is 4.57 Å². The largest absolute Gasteiger partial charge is 0.316 e. The van der Waals surface area contributed by atoms with E-state index in [2.05, 4.69) is 0 Å². The Morgan fingerprint density at radius 2 is 1.77 bits per heavy atom. The van der Waals surface area contributed by atoms with Crippen LogP contribution in [-0.4, -0.2) is 13.0 Å². The summed E-state index contributed by atoms with van der Waals surface area (Å²) in [6.45, 7) is 5.69. The lowest BCUT2D eigenvalue weighted by molar-refractivity contribution is 0.603. The van der Waals surface area contributed by atoms with Crippen molar-refractivity contribution >= 4 is 15.9 Å². The van der Waals surface area contributed by atoms with E-state index < -0.39 is 15.7 Å². The van der Waals surface area contributed by atoms with Gasteiger partial charge in [-0.05, 0) is 60.9 Å². The van der Waals surface area contributed by atoms with E-state index in [1.165, 1.54) is 30.3 Å². The summed E-state index contributed by atoms with van der Waals surface area (Å²) >= 11 is 0. The third-order valence-corrected chi connectivity index (χ3v) is 6.65. The summed E-state index contributed by atoms with van der Waals surface area (Å²) in [5.41, 5.74) is 2.64.